The van der Waals surface area contributed by atoms with Gasteiger partial charge in [-0.25, -0.2) is 4.98 Å². The zero-order valence-corrected chi connectivity index (χ0v) is 15.0. The molecule has 0 radical (unpaired) electrons. The van der Waals surface area contributed by atoms with E-state index in [-0.39, 0.29) is 23.0 Å². The van der Waals surface area contributed by atoms with E-state index in [4.69, 9.17) is 4.52 Å². The standard InChI is InChI=1S/C18H23N5O3/c1-17(2)10-20-16(25)18(21-11-17)5-8-23(9-6-18)15(24)13-12-4-3-7-19-14(12)22-26-13/h3-4,7,21H,5-6,8-11H2,1-2H3,(H,20,25). The van der Waals surface area contributed by atoms with E-state index in [1.54, 1.807) is 23.2 Å². The van der Waals surface area contributed by atoms with E-state index in [1.807, 2.05) is 0 Å². The Morgan fingerprint density at radius 3 is 2.81 bits per heavy atom. The Hall–Kier alpha value is -2.48. The maximum atomic E-state index is 12.8. The summed E-state index contributed by atoms with van der Waals surface area (Å²) in [6.45, 7) is 6.64. The molecule has 0 atom stereocenters. The molecule has 2 aliphatic heterocycles. The van der Waals surface area contributed by atoms with Gasteiger partial charge >= 0.3 is 0 Å². The first-order valence-electron chi connectivity index (χ1n) is 8.93. The van der Waals surface area contributed by atoms with Crippen LogP contribution in [0.25, 0.3) is 11.0 Å². The van der Waals surface area contributed by atoms with E-state index in [0.29, 0.717) is 43.5 Å². The third-order valence-corrected chi connectivity index (χ3v) is 5.42. The lowest BCUT2D eigenvalue weighted by molar-refractivity contribution is -0.128. The third-order valence-electron chi connectivity index (χ3n) is 5.42. The van der Waals surface area contributed by atoms with Crippen molar-refractivity contribution in [2.75, 3.05) is 26.2 Å². The zero-order valence-electron chi connectivity index (χ0n) is 15.0. The van der Waals surface area contributed by atoms with Crippen LogP contribution in [0.1, 0.15) is 37.2 Å². The Morgan fingerprint density at radius 2 is 2.04 bits per heavy atom. The van der Waals surface area contributed by atoms with Crippen molar-refractivity contribution in [3.8, 4) is 0 Å². The van der Waals surface area contributed by atoms with Gasteiger partial charge in [-0.15, -0.1) is 0 Å². The normalized spacial score (nSPS) is 22.2. The van der Waals surface area contributed by atoms with Gasteiger partial charge < -0.3 is 20.1 Å². The van der Waals surface area contributed by atoms with Crippen LogP contribution in [0.2, 0.25) is 0 Å². The number of nitrogens with zero attached hydrogens (tertiary/aromatic N) is 3. The lowest BCUT2D eigenvalue weighted by Gasteiger charge is -2.40. The second-order valence-corrected chi connectivity index (χ2v) is 7.96. The average molecular weight is 357 g/mol. The number of nitrogens with one attached hydrogen (secondary N) is 2. The molecule has 2 N–H and O–H groups in total. The summed E-state index contributed by atoms with van der Waals surface area (Å²) in [7, 11) is 0. The molecule has 0 bridgehead atoms. The van der Waals surface area contributed by atoms with Crippen molar-refractivity contribution in [1.82, 2.24) is 25.7 Å². The molecule has 26 heavy (non-hydrogen) atoms. The molecule has 2 aromatic heterocycles. The molecule has 0 aromatic carbocycles. The van der Waals surface area contributed by atoms with Gasteiger partial charge in [0.1, 0.15) is 5.54 Å². The topological polar surface area (TPSA) is 100 Å². The van der Waals surface area contributed by atoms with Crippen molar-refractivity contribution in [2.24, 2.45) is 5.41 Å². The predicted octanol–water partition coefficient (Wildman–Crippen LogP) is 0.943. The monoisotopic (exact) mass is 357 g/mol. The van der Waals surface area contributed by atoms with Crippen molar-refractivity contribution in [2.45, 2.75) is 32.2 Å². The molecule has 0 unspecified atom stereocenters. The van der Waals surface area contributed by atoms with Gasteiger partial charge in [0.15, 0.2) is 0 Å². The molecule has 138 valence electrons. The number of amides is 2. The minimum absolute atomic E-state index is 0.0118. The fourth-order valence-electron chi connectivity index (χ4n) is 3.62. The maximum Gasteiger partial charge on any atom is 0.293 e. The number of aromatic nitrogens is 2. The summed E-state index contributed by atoms with van der Waals surface area (Å²) in [5, 5.41) is 11.0. The summed E-state index contributed by atoms with van der Waals surface area (Å²) in [5.74, 6) is 0.0395. The highest BCUT2D eigenvalue weighted by Gasteiger charge is 2.45. The molecule has 4 rings (SSSR count). The van der Waals surface area contributed by atoms with Gasteiger partial charge in [-0.1, -0.05) is 19.0 Å². The number of carbonyl (C=O) groups is 2. The Morgan fingerprint density at radius 1 is 1.27 bits per heavy atom. The van der Waals surface area contributed by atoms with Crippen LogP contribution in [-0.2, 0) is 4.79 Å². The lowest BCUT2D eigenvalue weighted by atomic mass is 9.86. The summed E-state index contributed by atoms with van der Waals surface area (Å²) in [4.78, 5) is 31.3. The van der Waals surface area contributed by atoms with Crippen LogP contribution < -0.4 is 10.6 Å². The van der Waals surface area contributed by atoms with Crippen molar-refractivity contribution in [3.05, 3.63) is 24.1 Å². The van der Waals surface area contributed by atoms with Crippen molar-refractivity contribution in [1.29, 1.82) is 0 Å². The van der Waals surface area contributed by atoms with Gasteiger partial charge in [0.05, 0.1) is 5.39 Å². The average Bonchev–Trinajstić information content (AvgIpc) is 3.04. The Balaban J connectivity index is 1.49. The van der Waals surface area contributed by atoms with Gasteiger partial charge in [0.25, 0.3) is 5.91 Å². The SMILES string of the molecule is CC1(C)CNC(=O)C2(CCN(C(=O)c3onc4ncccc34)CC2)NC1. The smallest absolute Gasteiger partial charge is 0.293 e. The molecule has 2 amide bonds. The van der Waals surface area contributed by atoms with E-state index in [9.17, 15) is 9.59 Å². The van der Waals surface area contributed by atoms with Crippen LogP contribution >= 0.6 is 0 Å². The van der Waals surface area contributed by atoms with E-state index in [0.717, 1.165) is 6.54 Å². The maximum absolute atomic E-state index is 12.8. The van der Waals surface area contributed by atoms with Crippen LogP contribution in [0.15, 0.2) is 22.9 Å². The zero-order chi connectivity index (χ0) is 18.4. The van der Waals surface area contributed by atoms with Gasteiger partial charge in [0.2, 0.25) is 17.3 Å². The molecule has 1 spiro atoms. The molecule has 2 fully saturated rings. The lowest BCUT2D eigenvalue weighted by Crippen LogP contribution is -2.61. The van der Waals surface area contributed by atoms with Crippen LogP contribution in [0, 0.1) is 5.41 Å². The first kappa shape index (κ1) is 17.0. The van der Waals surface area contributed by atoms with Crippen LogP contribution in [-0.4, -0.2) is 58.6 Å². The predicted molar refractivity (Wildman–Crippen MR) is 94.5 cm³/mol. The number of hydrogen-bond acceptors (Lipinski definition) is 6. The number of likely N-dealkylation sites (tertiary alicyclic amines) is 1. The fraction of sp³-hybridized carbons (Fsp3) is 0.556. The van der Waals surface area contributed by atoms with Crippen LogP contribution in [0.3, 0.4) is 0 Å². The van der Waals surface area contributed by atoms with Crippen molar-refractivity contribution >= 4 is 22.8 Å². The van der Waals surface area contributed by atoms with Crippen molar-refractivity contribution in [3.63, 3.8) is 0 Å². The van der Waals surface area contributed by atoms with Crippen molar-refractivity contribution < 1.29 is 14.1 Å². The van der Waals surface area contributed by atoms with E-state index in [1.165, 1.54) is 0 Å². The quantitative estimate of drug-likeness (QED) is 0.788. The highest BCUT2D eigenvalue weighted by atomic mass is 16.5. The number of rotatable bonds is 1. The van der Waals surface area contributed by atoms with E-state index in [2.05, 4.69) is 34.6 Å². The Bertz CT molecular complexity index is 851. The summed E-state index contributed by atoms with van der Waals surface area (Å²) < 4.78 is 5.24. The molecule has 2 aromatic rings. The Labute approximate surface area is 151 Å². The van der Waals surface area contributed by atoms with Gasteiger partial charge in [-0.2, -0.15) is 0 Å². The summed E-state index contributed by atoms with van der Waals surface area (Å²) >= 11 is 0. The molecule has 0 aliphatic carbocycles. The number of pyridine rings is 1. The molecule has 4 heterocycles. The van der Waals surface area contributed by atoms with Crippen LogP contribution in [0.5, 0.6) is 0 Å². The second-order valence-electron chi connectivity index (χ2n) is 7.96. The first-order chi connectivity index (χ1) is 12.4. The summed E-state index contributed by atoms with van der Waals surface area (Å²) in [6.07, 6.45) is 2.76. The molecule has 8 heteroatoms. The summed E-state index contributed by atoms with van der Waals surface area (Å²) in [6, 6.07) is 3.53. The minimum Gasteiger partial charge on any atom is -0.354 e. The number of fused-ring (bicyclic) bond motifs is 1. The largest absolute Gasteiger partial charge is 0.354 e. The molecule has 0 saturated carbocycles. The fourth-order valence-corrected chi connectivity index (χ4v) is 3.62. The third kappa shape index (κ3) is 2.84. The number of hydrogen-bond donors (Lipinski definition) is 2. The summed E-state index contributed by atoms with van der Waals surface area (Å²) in [5.41, 5.74) is -0.163. The number of piperidine rings is 1. The first-order valence-corrected chi connectivity index (χ1v) is 8.93. The van der Waals surface area contributed by atoms with Crippen LogP contribution in [0.4, 0.5) is 0 Å². The second kappa shape index (κ2) is 6.05. The molecule has 2 aliphatic rings. The van der Waals surface area contributed by atoms with E-state index < -0.39 is 5.54 Å². The molecule has 2 saturated heterocycles. The molecular weight excluding hydrogens is 334 g/mol. The Kier molecular flexibility index (Phi) is 3.95. The highest BCUT2D eigenvalue weighted by Crippen LogP contribution is 2.28. The number of carbonyl (C=O) groups excluding carboxylic acids is 2. The highest BCUT2D eigenvalue weighted by molar-refractivity contribution is 6.02. The molecule has 8 nitrogen and oxygen atoms in total. The van der Waals surface area contributed by atoms with E-state index >= 15 is 0 Å². The minimum atomic E-state index is -0.602. The van der Waals surface area contributed by atoms with Gasteiger partial charge in [0, 0.05) is 32.4 Å². The molecular formula is C18H23N5O3. The van der Waals surface area contributed by atoms with Gasteiger partial charge in [-0.3, -0.25) is 9.59 Å². The van der Waals surface area contributed by atoms with Gasteiger partial charge in [-0.05, 0) is 30.4 Å².